The van der Waals surface area contributed by atoms with Gasteiger partial charge in [-0.05, 0) is 14.0 Å². The summed E-state index contributed by atoms with van der Waals surface area (Å²) in [5, 5.41) is 10.7. The van der Waals surface area contributed by atoms with Gasteiger partial charge in [0.25, 0.3) is 0 Å². The van der Waals surface area contributed by atoms with Crippen molar-refractivity contribution in [1.29, 1.82) is 0 Å². The fourth-order valence-corrected chi connectivity index (χ4v) is 2.02. The highest BCUT2D eigenvalue weighted by Crippen LogP contribution is 2.28. The van der Waals surface area contributed by atoms with E-state index in [9.17, 15) is 5.11 Å². The number of aliphatic hydroxyl groups is 1. The Labute approximate surface area is 90.1 Å². The SMILES string of the molecule is CC1=NCCN(C)C1(O)c1ccccc1. The van der Waals surface area contributed by atoms with E-state index in [2.05, 4.69) is 4.99 Å². The van der Waals surface area contributed by atoms with Gasteiger partial charge >= 0.3 is 0 Å². The first-order chi connectivity index (χ1) is 7.15. The molecule has 0 aliphatic carbocycles. The van der Waals surface area contributed by atoms with Crippen LogP contribution in [0, 0.1) is 0 Å². The van der Waals surface area contributed by atoms with Gasteiger partial charge in [-0.3, -0.25) is 9.89 Å². The van der Waals surface area contributed by atoms with Gasteiger partial charge in [0, 0.05) is 12.1 Å². The smallest absolute Gasteiger partial charge is 0.183 e. The van der Waals surface area contributed by atoms with Gasteiger partial charge in [-0.2, -0.15) is 0 Å². The van der Waals surface area contributed by atoms with Crippen LogP contribution in [0.2, 0.25) is 0 Å². The molecule has 1 atom stereocenters. The second kappa shape index (κ2) is 3.76. The highest BCUT2D eigenvalue weighted by Gasteiger charge is 2.38. The maximum Gasteiger partial charge on any atom is 0.183 e. The quantitative estimate of drug-likeness (QED) is 0.747. The minimum absolute atomic E-state index is 0.761. The summed E-state index contributed by atoms with van der Waals surface area (Å²) in [4.78, 5) is 6.27. The normalized spacial score (nSPS) is 27.5. The number of likely N-dealkylation sites (N-methyl/N-ethyl adjacent to an activating group) is 1. The molecule has 0 radical (unpaired) electrons. The third-order valence-corrected chi connectivity index (χ3v) is 3.02. The lowest BCUT2D eigenvalue weighted by Gasteiger charge is -2.40. The van der Waals surface area contributed by atoms with E-state index in [4.69, 9.17) is 0 Å². The highest BCUT2D eigenvalue weighted by molar-refractivity contribution is 5.91. The van der Waals surface area contributed by atoms with E-state index >= 15 is 0 Å². The monoisotopic (exact) mass is 204 g/mol. The fourth-order valence-electron chi connectivity index (χ4n) is 2.02. The third kappa shape index (κ3) is 1.58. The zero-order valence-corrected chi connectivity index (χ0v) is 9.14. The van der Waals surface area contributed by atoms with E-state index in [-0.39, 0.29) is 0 Å². The number of hydrogen-bond acceptors (Lipinski definition) is 3. The van der Waals surface area contributed by atoms with Crippen LogP contribution in [0.3, 0.4) is 0 Å². The largest absolute Gasteiger partial charge is 0.366 e. The minimum atomic E-state index is -1.03. The van der Waals surface area contributed by atoms with E-state index < -0.39 is 5.72 Å². The molecule has 2 rings (SSSR count). The van der Waals surface area contributed by atoms with Crippen LogP contribution in [0.4, 0.5) is 0 Å². The molecule has 0 amide bonds. The molecule has 80 valence electrons. The molecule has 0 spiro atoms. The summed E-state index contributed by atoms with van der Waals surface area (Å²) in [5.41, 5.74) is 0.621. The second-order valence-corrected chi connectivity index (χ2v) is 3.93. The molecular formula is C12H16N2O. The maximum atomic E-state index is 10.7. The van der Waals surface area contributed by atoms with Crippen LogP contribution < -0.4 is 0 Å². The third-order valence-electron chi connectivity index (χ3n) is 3.02. The minimum Gasteiger partial charge on any atom is -0.366 e. The molecule has 1 heterocycles. The van der Waals surface area contributed by atoms with Crippen LogP contribution >= 0.6 is 0 Å². The first kappa shape index (κ1) is 10.3. The zero-order valence-electron chi connectivity index (χ0n) is 9.14. The number of aliphatic imine (C=N–C) groups is 1. The molecule has 1 aliphatic rings. The van der Waals surface area contributed by atoms with Crippen molar-refractivity contribution in [2.45, 2.75) is 12.6 Å². The molecule has 1 unspecified atom stereocenters. The van der Waals surface area contributed by atoms with E-state index in [1.165, 1.54) is 0 Å². The van der Waals surface area contributed by atoms with Gasteiger partial charge in [-0.1, -0.05) is 30.3 Å². The van der Waals surface area contributed by atoms with Gasteiger partial charge in [0.2, 0.25) is 0 Å². The molecule has 0 bridgehead atoms. The molecule has 1 N–H and O–H groups in total. The van der Waals surface area contributed by atoms with Crippen molar-refractivity contribution in [3.05, 3.63) is 35.9 Å². The summed E-state index contributed by atoms with van der Waals surface area (Å²) in [6.07, 6.45) is 0. The number of hydrogen-bond donors (Lipinski definition) is 1. The molecule has 15 heavy (non-hydrogen) atoms. The van der Waals surface area contributed by atoms with Crippen molar-refractivity contribution in [2.75, 3.05) is 20.1 Å². The van der Waals surface area contributed by atoms with E-state index in [0.717, 1.165) is 24.4 Å². The Hall–Kier alpha value is -1.19. The second-order valence-electron chi connectivity index (χ2n) is 3.93. The Balaban J connectivity index is 2.48. The summed E-state index contributed by atoms with van der Waals surface area (Å²) in [6, 6.07) is 9.68. The average molecular weight is 204 g/mol. The van der Waals surface area contributed by atoms with Crippen LogP contribution in [0.25, 0.3) is 0 Å². The number of rotatable bonds is 1. The Morgan fingerprint density at radius 3 is 2.60 bits per heavy atom. The number of nitrogens with zero attached hydrogens (tertiary/aromatic N) is 2. The Morgan fingerprint density at radius 1 is 1.33 bits per heavy atom. The fraction of sp³-hybridized carbons (Fsp3) is 0.417. The number of benzene rings is 1. The van der Waals surface area contributed by atoms with Crippen LogP contribution in [0.15, 0.2) is 35.3 Å². The molecule has 0 saturated heterocycles. The van der Waals surface area contributed by atoms with E-state index in [1.54, 1.807) is 0 Å². The molecular weight excluding hydrogens is 188 g/mol. The predicted octanol–water partition coefficient (Wildman–Crippen LogP) is 1.24. The van der Waals surface area contributed by atoms with Crippen molar-refractivity contribution in [3.63, 3.8) is 0 Å². The molecule has 1 aliphatic heterocycles. The van der Waals surface area contributed by atoms with E-state index in [1.807, 2.05) is 49.2 Å². The van der Waals surface area contributed by atoms with Crippen molar-refractivity contribution >= 4 is 5.71 Å². The van der Waals surface area contributed by atoms with Crippen LogP contribution in [-0.4, -0.2) is 35.9 Å². The van der Waals surface area contributed by atoms with Gasteiger partial charge < -0.3 is 5.11 Å². The van der Waals surface area contributed by atoms with Gasteiger partial charge in [-0.15, -0.1) is 0 Å². The van der Waals surface area contributed by atoms with Crippen LogP contribution in [-0.2, 0) is 5.72 Å². The Bertz CT molecular complexity index is 374. The molecule has 0 saturated carbocycles. The first-order valence-corrected chi connectivity index (χ1v) is 5.16. The zero-order chi connectivity index (χ0) is 10.9. The summed E-state index contributed by atoms with van der Waals surface area (Å²) in [5.74, 6) is 0. The summed E-state index contributed by atoms with van der Waals surface area (Å²) < 4.78 is 0. The van der Waals surface area contributed by atoms with Crippen molar-refractivity contribution in [2.24, 2.45) is 4.99 Å². The van der Waals surface area contributed by atoms with E-state index in [0.29, 0.717) is 0 Å². The Morgan fingerprint density at radius 2 is 2.00 bits per heavy atom. The molecule has 3 heteroatoms. The molecule has 0 aromatic heterocycles. The van der Waals surface area contributed by atoms with Crippen LogP contribution in [0.1, 0.15) is 12.5 Å². The molecule has 1 aromatic carbocycles. The van der Waals surface area contributed by atoms with Gasteiger partial charge in [0.1, 0.15) is 0 Å². The topological polar surface area (TPSA) is 35.8 Å². The highest BCUT2D eigenvalue weighted by atomic mass is 16.3. The standard InChI is InChI=1S/C12H16N2O/c1-10-12(15,14(2)9-8-13-10)11-6-4-3-5-7-11/h3-7,15H,8-9H2,1-2H3. The Kier molecular flexibility index (Phi) is 2.59. The van der Waals surface area contributed by atoms with Gasteiger partial charge in [0.05, 0.1) is 12.3 Å². The molecule has 1 aromatic rings. The average Bonchev–Trinajstić information content (AvgIpc) is 2.27. The summed E-state index contributed by atoms with van der Waals surface area (Å²) in [6.45, 7) is 3.42. The molecule has 3 nitrogen and oxygen atoms in total. The summed E-state index contributed by atoms with van der Waals surface area (Å²) in [7, 11) is 1.92. The van der Waals surface area contributed by atoms with Gasteiger partial charge in [0.15, 0.2) is 5.72 Å². The lowest BCUT2D eigenvalue weighted by molar-refractivity contribution is -0.0441. The summed E-state index contributed by atoms with van der Waals surface area (Å²) >= 11 is 0. The lowest BCUT2D eigenvalue weighted by Crippen LogP contribution is -2.52. The molecule has 0 fully saturated rings. The lowest BCUT2D eigenvalue weighted by atomic mass is 9.95. The van der Waals surface area contributed by atoms with Crippen molar-refractivity contribution in [1.82, 2.24) is 4.90 Å². The van der Waals surface area contributed by atoms with Crippen LogP contribution in [0.5, 0.6) is 0 Å². The van der Waals surface area contributed by atoms with Gasteiger partial charge in [-0.25, -0.2) is 0 Å². The first-order valence-electron chi connectivity index (χ1n) is 5.16. The van der Waals surface area contributed by atoms with Crippen molar-refractivity contribution < 1.29 is 5.11 Å². The van der Waals surface area contributed by atoms with Crippen molar-refractivity contribution in [3.8, 4) is 0 Å². The predicted molar refractivity (Wildman–Crippen MR) is 60.9 cm³/mol. The maximum absolute atomic E-state index is 10.7.